The summed E-state index contributed by atoms with van der Waals surface area (Å²) in [5.41, 5.74) is 1.48. The monoisotopic (exact) mass is 300 g/mol. The number of piperazine rings is 1. The fraction of sp³-hybridized carbons (Fsp3) is 0.714. The molecular weight excluding hydrogens is 276 g/mol. The number of amides is 1. The lowest BCUT2D eigenvalue weighted by Gasteiger charge is -2.33. The molecule has 0 spiro atoms. The Labute approximate surface area is 127 Å². The fourth-order valence-corrected chi connectivity index (χ4v) is 2.55. The normalized spacial score (nSPS) is 19.6. The molecule has 0 aliphatic carbocycles. The number of carbonyl (C=O) groups is 1. The second-order valence-electron chi connectivity index (χ2n) is 6.31. The van der Waals surface area contributed by atoms with Gasteiger partial charge in [-0.3, -0.25) is 9.48 Å². The van der Waals surface area contributed by atoms with Crippen molar-refractivity contribution in [3.8, 4) is 0 Å². The van der Waals surface area contributed by atoms with E-state index in [2.05, 4.69) is 38.1 Å². The first-order valence-electron chi connectivity index (χ1n) is 6.89. The number of hydrogen-bond donors (Lipinski definition) is 1. The predicted octanol–water partition coefficient (Wildman–Crippen LogP) is 1.80. The van der Waals surface area contributed by atoms with Crippen molar-refractivity contribution in [2.24, 2.45) is 0 Å². The van der Waals surface area contributed by atoms with Crippen LogP contribution in [-0.4, -0.2) is 46.3 Å². The van der Waals surface area contributed by atoms with Crippen molar-refractivity contribution in [2.75, 3.05) is 19.6 Å². The second-order valence-corrected chi connectivity index (χ2v) is 6.31. The summed E-state index contributed by atoms with van der Waals surface area (Å²) in [7, 11) is 0. The zero-order valence-electron chi connectivity index (χ0n) is 12.9. The molecular formula is C14H25ClN4O. The van der Waals surface area contributed by atoms with Crippen LogP contribution in [0.1, 0.15) is 43.9 Å². The molecule has 1 aromatic heterocycles. The lowest BCUT2D eigenvalue weighted by atomic mass is 10.1. The lowest BCUT2D eigenvalue weighted by molar-refractivity contribution is 0.0648. The maximum atomic E-state index is 12.5. The standard InChI is InChI=1S/C14H24N4O.ClH/c1-10-8-12(16-18(10)14(3,4)5)13(19)17-7-6-15-9-11(17)2;/h8,11,15H,6-7,9H2,1-5H3;1H. The van der Waals surface area contributed by atoms with Crippen molar-refractivity contribution < 1.29 is 4.79 Å². The Morgan fingerprint density at radius 3 is 2.60 bits per heavy atom. The highest BCUT2D eigenvalue weighted by molar-refractivity contribution is 5.92. The smallest absolute Gasteiger partial charge is 0.274 e. The number of aryl methyl sites for hydroxylation is 1. The van der Waals surface area contributed by atoms with E-state index < -0.39 is 0 Å². The predicted molar refractivity (Wildman–Crippen MR) is 82.6 cm³/mol. The molecule has 6 heteroatoms. The van der Waals surface area contributed by atoms with Crippen LogP contribution in [0, 0.1) is 6.92 Å². The van der Waals surface area contributed by atoms with Gasteiger partial charge in [0.1, 0.15) is 0 Å². The van der Waals surface area contributed by atoms with E-state index in [0.29, 0.717) is 5.69 Å². The van der Waals surface area contributed by atoms with E-state index >= 15 is 0 Å². The van der Waals surface area contributed by atoms with Gasteiger partial charge in [0.15, 0.2) is 5.69 Å². The quantitative estimate of drug-likeness (QED) is 0.860. The summed E-state index contributed by atoms with van der Waals surface area (Å²) >= 11 is 0. The zero-order valence-corrected chi connectivity index (χ0v) is 13.8. The van der Waals surface area contributed by atoms with Crippen molar-refractivity contribution in [1.29, 1.82) is 0 Å². The van der Waals surface area contributed by atoms with Crippen LogP contribution in [0.15, 0.2) is 6.07 Å². The van der Waals surface area contributed by atoms with E-state index in [1.165, 1.54) is 0 Å². The Bertz CT molecular complexity index is 478. The summed E-state index contributed by atoms with van der Waals surface area (Å²) < 4.78 is 1.92. The summed E-state index contributed by atoms with van der Waals surface area (Å²) in [6.07, 6.45) is 0. The number of halogens is 1. The lowest BCUT2D eigenvalue weighted by Crippen LogP contribution is -2.52. The van der Waals surface area contributed by atoms with Gasteiger partial charge in [-0.2, -0.15) is 5.10 Å². The average molecular weight is 301 g/mol. The van der Waals surface area contributed by atoms with Crippen LogP contribution in [0.25, 0.3) is 0 Å². The van der Waals surface area contributed by atoms with Crippen molar-refractivity contribution in [2.45, 2.75) is 46.2 Å². The van der Waals surface area contributed by atoms with Gasteiger partial charge in [0.2, 0.25) is 0 Å². The summed E-state index contributed by atoms with van der Waals surface area (Å²) in [6, 6.07) is 2.11. The van der Waals surface area contributed by atoms with Gasteiger partial charge in [-0.15, -0.1) is 12.4 Å². The van der Waals surface area contributed by atoms with Crippen LogP contribution in [-0.2, 0) is 5.54 Å². The number of nitrogens with one attached hydrogen (secondary N) is 1. The van der Waals surface area contributed by atoms with Crippen LogP contribution in [0.4, 0.5) is 0 Å². The van der Waals surface area contributed by atoms with Crippen molar-refractivity contribution in [3.63, 3.8) is 0 Å². The van der Waals surface area contributed by atoms with Gasteiger partial charge >= 0.3 is 0 Å². The SMILES string of the molecule is Cc1cc(C(=O)N2CCNCC2C)nn1C(C)(C)C.Cl. The van der Waals surface area contributed by atoms with E-state index in [-0.39, 0.29) is 29.9 Å². The Morgan fingerprint density at radius 2 is 2.10 bits per heavy atom. The van der Waals surface area contributed by atoms with Crippen LogP contribution < -0.4 is 5.32 Å². The van der Waals surface area contributed by atoms with Gasteiger partial charge in [-0.25, -0.2) is 0 Å². The molecule has 1 saturated heterocycles. The molecule has 0 bridgehead atoms. The molecule has 1 aliphatic rings. The maximum Gasteiger partial charge on any atom is 0.274 e. The van der Waals surface area contributed by atoms with Gasteiger partial charge in [-0.1, -0.05) is 0 Å². The molecule has 1 amide bonds. The van der Waals surface area contributed by atoms with Crippen LogP contribution >= 0.6 is 12.4 Å². The van der Waals surface area contributed by atoms with E-state index in [0.717, 1.165) is 25.3 Å². The van der Waals surface area contributed by atoms with E-state index in [1.54, 1.807) is 0 Å². The van der Waals surface area contributed by atoms with Gasteiger partial charge in [0.05, 0.1) is 5.54 Å². The second kappa shape index (κ2) is 6.14. The van der Waals surface area contributed by atoms with Crippen LogP contribution in [0.3, 0.4) is 0 Å². The number of rotatable bonds is 1. The minimum Gasteiger partial charge on any atom is -0.332 e. The molecule has 2 heterocycles. The molecule has 0 radical (unpaired) electrons. The minimum atomic E-state index is -0.0995. The Morgan fingerprint density at radius 1 is 1.45 bits per heavy atom. The highest BCUT2D eigenvalue weighted by Gasteiger charge is 2.27. The topological polar surface area (TPSA) is 50.2 Å². The number of aromatic nitrogens is 2. The minimum absolute atomic E-state index is 0. The Hall–Kier alpha value is -1.07. The molecule has 0 saturated carbocycles. The van der Waals surface area contributed by atoms with Gasteiger partial charge in [-0.05, 0) is 40.7 Å². The van der Waals surface area contributed by atoms with Crippen LogP contribution in [0.2, 0.25) is 0 Å². The molecule has 1 fully saturated rings. The van der Waals surface area contributed by atoms with E-state index in [9.17, 15) is 4.79 Å². The fourth-order valence-electron chi connectivity index (χ4n) is 2.55. The summed E-state index contributed by atoms with van der Waals surface area (Å²) in [6.45, 7) is 12.8. The van der Waals surface area contributed by atoms with Crippen molar-refractivity contribution in [1.82, 2.24) is 20.0 Å². The molecule has 20 heavy (non-hydrogen) atoms. The third-order valence-electron chi connectivity index (χ3n) is 3.50. The largest absolute Gasteiger partial charge is 0.332 e. The summed E-state index contributed by atoms with van der Waals surface area (Å²) in [5, 5.41) is 7.79. The van der Waals surface area contributed by atoms with Gasteiger partial charge in [0.25, 0.3) is 5.91 Å². The third kappa shape index (κ3) is 3.33. The van der Waals surface area contributed by atoms with Crippen molar-refractivity contribution >= 4 is 18.3 Å². The number of hydrogen-bond acceptors (Lipinski definition) is 3. The Kier molecular flexibility index (Phi) is 5.21. The molecule has 1 aromatic rings. The molecule has 1 unspecified atom stereocenters. The maximum absolute atomic E-state index is 12.5. The Balaban J connectivity index is 0.00000200. The van der Waals surface area contributed by atoms with Gasteiger partial charge < -0.3 is 10.2 Å². The molecule has 0 aromatic carbocycles. The molecule has 114 valence electrons. The van der Waals surface area contributed by atoms with E-state index in [4.69, 9.17) is 0 Å². The first-order chi connectivity index (χ1) is 8.80. The summed E-state index contributed by atoms with van der Waals surface area (Å²) in [4.78, 5) is 14.4. The van der Waals surface area contributed by atoms with E-state index in [1.807, 2.05) is 22.6 Å². The summed E-state index contributed by atoms with van der Waals surface area (Å²) in [5.74, 6) is 0.0418. The first-order valence-corrected chi connectivity index (χ1v) is 6.89. The molecule has 2 rings (SSSR count). The third-order valence-corrected chi connectivity index (χ3v) is 3.50. The first kappa shape index (κ1) is 17.0. The number of nitrogens with zero attached hydrogens (tertiary/aromatic N) is 3. The van der Waals surface area contributed by atoms with Crippen LogP contribution in [0.5, 0.6) is 0 Å². The van der Waals surface area contributed by atoms with Crippen molar-refractivity contribution in [3.05, 3.63) is 17.5 Å². The van der Waals surface area contributed by atoms with Gasteiger partial charge in [0, 0.05) is 31.4 Å². The average Bonchev–Trinajstić information content (AvgIpc) is 2.71. The molecule has 1 aliphatic heterocycles. The zero-order chi connectivity index (χ0) is 14.2. The number of carbonyl (C=O) groups excluding carboxylic acids is 1. The highest BCUT2D eigenvalue weighted by Crippen LogP contribution is 2.18. The molecule has 1 N–H and O–H groups in total. The molecule has 1 atom stereocenters. The highest BCUT2D eigenvalue weighted by atomic mass is 35.5. The molecule has 5 nitrogen and oxygen atoms in total.